The number of rotatable bonds is 4. The summed E-state index contributed by atoms with van der Waals surface area (Å²) in [7, 11) is 0. The molecule has 0 fully saturated rings. The lowest BCUT2D eigenvalue weighted by Gasteiger charge is -2.10. The first kappa shape index (κ1) is 17.3. The number of ether oxygens (including phenoxy) is 1. The predicted molar refractivity (Wildman–Crippen MR) is 99.3 cm³/mol. The van der Waals surface area contributed by atoms with Crippen LogP contribution >= 0.6 is 23.2 Å². The molecule has 0 aromatic heterocycles. The Kier molecular flexibility index (Phi) is 5.22. The molecule has 0 atom stereocenters. The van der Waals surface area contributed by atoms with E-state index in [0.29, 0.717) is 10.7 Å². The third-order valence-corrected chi connectivity index (χ3v) is 4.11. The second-order valence-corrected chi connectivity index (χ2v) is 6.12. The van der Waals surface area contributed by atoms with Crippen LogP contribution in [0.4, 0.5) is 5.69 Å². The molecular formula is C19H13Cl2NO3. The summed E-state index contributed by atoms with van der Waals surface area (Å²) in [6.07, 6.45) is 0. The molecule has 0 spiro atoms. The lowest BCUT2D eigenvalue weighted by Crippen LogP contribution is -2.21. The average molecular weight is 374 g/mol. The van der Waals surface area contributed by atoms with Crippen LogP contribution in [0.2, 0.25) is 10.0 Å². The van der Waals surface area contributed by atoms with Crippen molar-refractivity contribution < 1.29 is 14.3 Å². The van der Waals surface area contributed by atoms with Crippen LogP contribution in [0.15, 0.2) is 60.7 Å². The van der Waals surface area contributed by atoms with E-state index in [1.165, 1.54) is 12.1 Å². The Morgan fingerprint density at radius 1 is 0.960 bits per heavy atom. The summed E-state index contributed by atoms with van der Waals surface area (Å²) in [6.45, 7) is -0.426. The van der Waals surface area contributed by atoms with Gasteiger partial charge in [-0.2, -0.15) is 0 Å². The molecule has 0 aliphatic heterocycles. The Morgan fingerprint density at radius 2 is 1.72 bits per heavy atom. The van der Waals surface area contributed by atoms with E-state index in [9.17, 15) is 9.59 Å². The van der Waals surface area contributed by atoms with Crippen LogP contribution in [0.25, 0.3) is 10.8 Å². The van der Waals surface area contributed by atoms with Crippen LogP contribution in [0, 0.1) is 0 Å². The van der Waals surface area contributed by atoms with Crippen LogP contribution in [0.1, 0.15) is 10.4 Å². The van der Waals surface area contributed by atoms with Crippen molar-refractivity contribution in [2.75, 3.05) is 11.9 Å². The van der Waals surface area contributed by atoms with Gasteiger partial charge in [-0.25, -0.2) is 4.79 Å². The maximum atomic E-state index is 12.1. The van der Waals surface area contributed by atoms with Gasteiger partial charge in [-0.05, 0) is 29.7 Å². The fraction of sp³-hybridized carbons (Fsp3) is 0.0526. The fourth-order valence-electron chi connectivity index (χ4n) is 2.38. The first-order valence-electron chi connectivity index (χ1n) is 7.44. The number of fused-ring (bicyclic) bond motifs is 1. The largest absolute Gasteiger partial charge is 0.452 e. The number of anilines is 1. The minimum atomic E-state index is -0.708. The monoisotopic (exact) mass is 373 g/mol. The number of carbonyl (C=O) groups excluding carboxylic acids is 2. The first-order chi connectivity index (χ1) is 12.0. The van der Waals surface area contributed by atoms with Crippen LogP contribution < -0.4 is 5.32 Å². The van der Waals surface area contributed by atoms with E-state index in [2.05, 4.69) is 5.32 Å². The van der Waals surface area contributed by atoms with Crippen LogP contribution in [-0.4, -0.2) is 18.5 Å². The predicted octanol–water partition coefficient (Wildman–Crippen LogP) is 4.94. The van der Waals surface area contributed by atoms with Gasteiger partial charge in [0.15, 0.2) is 6.61 Å². The molecule has 3 rings (SSSR count). The molecule has 0 radical (unpaired) electrons. The van der Waals surface area contributed by atoms with E-state index < -0.39 is 18.5 Å². The zero-order valence-corrected chi connectivity index (χ0v) is 14.5. The number of hydrogen-bond acceptors (Lipinski definition) is 3. The van der Waals surface area contributed by atoms with Crippen molar-refractivity contribution in [1.29, 1.82) is 0 Å². The number of benzene rings is 3. The van der Waals surface area contributed by atoms with Gasteiger partial charge in [0.2, 0.25) is 0 Å². The van der Waals surface area contributed by atoms with Gasteiger partial charge in [-0.1, -0.05) is 59.6 Å². The van der Waals surface area contributed by atoms with E-state index >= 15 is 0 Å². The Labute approximate surface area is 154 Å². The van der Waals surface area contributed by atoms with Crippen molar-refractivity contribution in [2.45, 2.75) is 0 Å². The van der Waals surface area contributed by atoms with Crippen LogP contribution in [0.5, 0.6) is 0 Å². The van der Waals surface area contributed by atoms with Gasteiger partial charge in [-0.15, -0.1) is 0 Å². The van der Waals surface area contributed by atoms with E-state index in [1.54, 1.807) is 12.1 Å². The normalized spacial score (nSPS) is 10.5. The van der Waals surface area contributed by atoms with E-state index in [0.717, 1.165) is 10.8 Å². The lowest BCUT2D eigenvalue weighted by molar-refractivity contribution is -0.119. The standard InChI is InChI=1S/C19H13Cl2NO3/c20-13-8-9-16(21)15(10-13)19(24)25-11-18(23)22-17-7-3-5-12-4-1-2-6-14(12)17/h1-10H,11H2,(H,22,23). The molecule has 3 aromatic carbocycles. The number of carbonyl (C=O) groups is 2. The maximum absolute atomic E-state index is 12.1. The number of hydrogen-bond donors (Lipinski definition) is 1. The molecule has 0 saturated carbocycles. The minimum absolute atomic E-state index is 0.118. The van der Waals surface area contributed by atoms with Crippen molar-refractivity contribution in [3.63, 3.8) is 0 Å². The highest BCUT2D eigenvalue weighted by Crippen LogP contribution is 2.23. The third kappa shape index (κ3) is 4.10. The van der Waals surface area contributed by atoms with Gasteiger partial charge in [0.05, 0.1) is 10.6 Å². The average Bonchev–Trinajstić information content (AvgIpc) is 2.62. The van der Waals surface area contributed by atoms with Crippen molar-refractivity contribution in [3.05, 3.63) is 76.3 Å². The number of amides is 1. The summed E-state index contributed by atoms with van der Waals surface area (Å²) in [5, 5.41) is 5.22. The van der Waals surface area contributed by atoms with Crippen molar-refractivity contribution in [2.24, 2.45) is 0 Å². The van der Waals surface area contributed by atoms with Gasteiger partial charge in [0, 0.05) is 16.1 Å². The molecule has 25 heavy (non-hydrogen) atoms. The summed E-state index contributed by atoms with van der Waals surface area (Å²) in [6, 6.07) is 17.7. The molecule has 0 bridgehead atoms. The molecule has 1 amide bonds. The number of nitrogens with one attached hydrogen (secondary N) is 1. The summed E-state index contributed by atoms with van der Waals surface area (Å²) in [4.78, 5) is 24.1. The SMILES string of the molecule is O=C(COC(=O)c1cc(Cl)ccc1Cl)Nc1cccc2ccccc12. The van der Waals surface area contributed by atoms with Crippen molar-refractivity contribution in [3.8, 4) is 0 Å². The summed E-state index contributed by atoms with van der Waals surface area (Å²) < 4.78 is 5.02. The Bertz CT molecular complexity index is 951. The van der Waals surface area contributed by atoms with Gasteiger partial charge >= 0.3 is 5.97 Å². The second kappa shape index (κ2) is 7.55. The van der Waals surface area contributed by atoms with E-state index in [1.807, 2.05) is 36.4 Å². The quantitative estimate of drug-likeness (QED) is 0.658. The Morgan fingerprint density at radius 3 is 2.56 bits per heavy atom. The van der Waals surface area contributed by atoms with Gasteiger partial charge in [0.25, 0.3) is 5.91 Å². The topological polar surface area (TPSA) is 55.4 Å². The highest BCUT2D eigenvalue weighted by Gasteiger charge is 2.15. The zero-order valence-electron chi connectivity index (χ0n) is 13.0. The summed E-state index contributed by atoms with van der Waals surface area (Å²) >= 11 is 11.8. The zero-order chi connectivity index (χ0) is 17.8. The van der Waals surface area contributed by atoms with Crippen LogP contribution in [0.3, 0.4) is 0 Å². The Balaban J connectivity index is 1.66. The first-order valence-corrected chi connectivity index (χ1v) is 8.20. The van der Waals surface area contributed by atoms with Gasteiger partial charge < -0.3 is 10.1 Å². The summed E-state index contributed by atoms with van der Waals surface area (Å²) in [5.74, 6) is -1.15. The van der Waals surface area contributed by atoms with Gasteiger partial charge in [0.1, 0.15) is 0 Å². The van der Waals surface area contributed by atoms with Crippen molar-refractivity contribution in [1.82, 2.24) is 0 Å². The molecule has 0 unspecified atom stereocenters. The Hall–Kier alpha value is -2.56. The molecule has 1 N–H and O–H groups in total. The molecule has 0 heterocycles. The molecule has 4 nitrogen and oxygen atoms in total. The molecule has 0 saturated heterocycles. The highest BCUT2D eigenvalue weighted by atomic mass is 35.5. The molecule has 0 aliphatic rings. The molecule has 126 valence electrons. The fourth-order valence-corrected chi connectivity index (χ4v) is 2.75. The highest BCUT2D eigenvalue weighted by molar-refractivity contribution is 6.35. The summed E-state index contributed by atoms with van der Waals surface area (Å²) in [5.41, 5.74) is 0.770. The van der Waals surface area contributed by atoms with E-state index in [-0.39, 0.29) is 10.6 Å². The van der Waals surface area contributed by atoms with Crippen LogP contribution in [-0.2, 0) is 9.53 Å². The third-order valence-electron chi connectivity index (χ3n) is 3.55. The number of halogens is 2. The smallest absolute Gasteiger partial charge is 0.340 e. The number of esters is 1. The van der Waals surface area contributed by atoms with Crippen molar-refractivity contribution >= 4 is 51.5 Å². The lowest BCUT2D eigenvalue weighted by atomic mass is 10.1. The maximum Gasteiger partial charge on any atom is 0.340 e. The van der Waals surface area contributed by atoms with Gasteiger partial charge in [-0.3, -0.25) is 4.79 Å². The molecule has 6 heteroatoms. The van der Waals surface area contributed by atoms with E-state index in [4.69, 9.17) is 27.9 Å². The minimum Gasteiger partial charge on any atom is -0.452 e. The molecular weight excluding hydrogens is 361 g/mol. The second-order valence-electron chi connectivity index (χ2n) is 5.28. The molecule has 0 aliphatic carbocycles. The molecule has 3 aromatic rings.